The Bertz CT molecular complexity index is 750. The number of carbonyl (C=O) groups excluding carboxylic acids is 1. The summed E-state index contributed by atoms with van der Waals surface area (Å²) in [6.45, 7) is 3.66. The lowest BCUT2D eigenvalue weighted by Crippen LogP contribution is -1.93. The largest absolute Gasteiger partial charge is 0.461 e. The Kier molecular flexibility index (Phi) is 2.44. The number of Topliss-reactive ketones (excluding diaryl/α,β-unsaturated/α-hetero) is 1. The lowest BCUT2D eigenvalue weighted by Gasteiger charge is -2.04. The smallest absolute Gasteiger partial charge is 0.160 e. The van der Waals surface area contributed by atoms with Crippen LogP contribution in [0.3, 0.4) is 0 Å². The number of benzene rings is 2. The number of hydrogen-bond acceptors (Lipinski definition) is 2. The van der Waals surface area contributed by atoms with E-state index in [0.717, 1.165) is 39.5 Å². The minimum absolute atomic E-state index is 0.0718. The number of aryl methyl sites for hydroxylation is 1. The van der Waals surface area contributed by atoms with Crippen molar-refractivity contribution in [3.63, 3.8) is 0 Å². The quantitative estimate of drug-likeness (QED) is 0.621. The topological polar surface area (TPSA) is 30.2 Å². The van der Waals surface area contributed by atoms with Crippen molar-refractivity contribution in [2.45, 2.75) is 20.3 Å². The van der Waals surface area contributed by atoms with Crippen LogP contribution in [0, 0.1) is 0 Å². The van der Waals surface area contributed by atoms with Gasteiger partial charge in [-0.1, -0.05) is 31.2 Å². The second kappa shape index (κ2) is 3.98. The molecular weight excluding hydrogens is 224 g/mol. The third-order valence-electron chi connectivity index (χ3n) is 3.32. The third kappa shape index (κ3) is 1.53. The average Bonchev–Trinajstić information content (AvgIpc) is 2.80. The van der Waals surface area contributed by atoms with Crippen LogP contribution >= 0.6 is 0 Å². The maximum absolute atomic E-state index is 11.7. The fourth-order valence-corrected chi connectivity index (χ4v) is 2.40. The Morgan fingerprint density at radius 2 is 1.83 bits per heavy atom. The second-order valence-corrected chi connectivity index (χ2v) is 4.50. The van der Waals surface area contributed by atoms with E-state index in [1.807, 2.05) is 30.3 Å². The summed E-state index contributed by atoms with van der Waals surface area (Å²) in [5, 5.41) is 3.18. The third-order valence-corrected chi connectivity index (χ3v) is 3.32. The van der Waals surface area contributed by atoms with Crippen LogP contribution in [0.5, 0.6) is 0 Å². The normalized spacial score (nSPS) is 11.2. The van der Waals surface area contributed by atoms with E-state index in [4.69, 9.17) is 4.42 Å². The first-order valence-electron chi connectivity index (χ1n) is 6.16. The van der Waals surface area contributed by atoms with Crippen LogP contribution in [0.2, 0.25) is 0 Å². The highest BCUT2D eigenvalue weighted by Crippen LogP contribution is 2.31. The lowest BCUT2D eigenvalue weighted by atomic mass is 9.99. The van der Waals surface area contributed by atoms with Crippen LogP contribution in [0.1, 0.15) is 30.0 Å². The van der Waals surface area contributed by atoms with Crippen molar-refractivity contribution < 1.29 is 9.21 Å². The van der Waals surface area contributed by atoms with Crippen molar-refractivity contribution in [2.75, 3.05) is 0 Å². The van der Waals surface area contributed by atoms with Gasteiger partial charge in [0.05, 0.1) is 0 Å². The molecule has 0 aliphatic heterocycles. The van der Waals surface area contributed by atoms with Crippen LogP contribution in [-0.4, -0.2) is 5.78 Å². The molecule has 3 rings (SSSR count). The van der Waals surface area contributed by atoms with Crippen LogP contribution in [-0.2, 0) is 6.42 Å². The van der Waals surface area contributed by atoms with Gasteiger partial charge in [-0.2, -0.15) is 0 Å². The van der Waals surface area contributed by atoms with Crippen LogP contribution in [0.4, 0.5) is 0 Å². The Morgan fingerprint density at radius 3 is 2.50 bits per heavy atom. The number of fused-ring (bicyclic) bond motifs is 3. The molecule has 18 heavy (non-hydrogen) atoms. The summed E-state index contributed by atoms with van der Waals surface area (Å²) in [5.41, 5.74) is 1.53. The van der Waals surface area contributed by atoms with Crippen molar-refractivity contribution in [3.8, 4) is 0 Å². The number of ketones is 1. The van der Waals surface area contributed by atoms with Gasteiger partial charge in [-0.25, -0.2) is 0 Å². The Morgan fingerprint density at radius 1 is 1.11 bits per heavy atom. The van der Waals surface area contributed by atoms with E-state index in [-0.39, 0.29) is 5.78 Å². The SMILES string of the molecule is CCc1cc2c(cc(C(C)=O)c3ccccc32)o1. The molecule has 0 aliphatic rings. The molecule has 90 valence electrons. The highest BCUT2D eigenvalue weighted by Gasteiger charge is 2.12. The van der Waals surface area contributed by atoms with Gasteiger partial charge in [0, 0.05) is 17.4 Å². The van der Waals surface area contributed by atoms with E-state index >= 15 is 0 Å². The molecule has 2 heteroatoms. The van der Waals surface area contributed by atoms with Gasteiger partial charge in [0.2, 0.25) is 0 Å². The van der Waals surface area contributed by atoms with E-state index < -0.39 is 0 Å². The van der Waals surface area contributed by atoms with Gasteiger partial charge < -0.3 is 4.42 Å². The monoisotopic (exact) mass is 238 g/mol. The zero-order valence-corrected chi connectivity index (χ0v) is 10.5. The average molecular weight is 238 g/mol. The van der Waals surface area contributed by atoms with Crippen LogP contribution < -0.4 is 0 Å². The van der Waals surface area contributed by atoms with E-state index in [2.05, 4.69) is 13.0 Å². The van der Waals surface area contributed by atoms with E-state index in [1.165, 1.54) is 0 Å². The van der Waals surface area contributed by atoms with Gasteiger partial charge in [0.1, 0.15) is 11.3 Å². The molecule has 0 unspecified atom stereocenters. The first kappa shape index (κ1) is 11.0. The number of furan rings is 1. The molecule has 3 aromatic rings. The molecule has 0 spiro atoms. The zero-order valence-electron chi connectivity index (χ0n) is 10.5. The van der Waals surface area contributed by atoms with Crippen molar-refractivity contribution in [1.82, 2.24) is 0 Å². The van der Waals surface area contributed by atoms with Crippen molar-refractivity contribution in [2.24, 2.45) is 0 Å². The van der Waals surface area contributed by atoms with Crippen LogP contribution in [0.15, 0.2) is 40.8 Å². The maximum atomic E-state index is 11.7. The minimum Gasteiger partial charge on any atom is -0.461 e. The summed E-state index contributed by atoms with van der Waals surface area (Å²) in [4.78, 5) is 11.7. The summed E-state index contributed by atoms with van der Waals surface area (Å²) in [7, 11) is 0. The number of rotatable bonds is 2. The van der Waals surface area contributed by atoms with Gasteiger partial charge in [0.15, 0.2) is 5.78 Å². The molecule has 0 radical (unpaired) electrons. The molecule has 0 bridgehead atoms. The molecule has 0 N–H and O–H groups in total. The summed E-state index contributed by atoms with van der Waals surface area (Å²) in [6.07, 6.45) is 0.860. The summed E-state index contributed by atoms with van der Waals surface area (Å²) >= 11 is 0. The van der Waals surface area contributed by atoms with E-state index in [9.17, 15) is 4.79 Å². The Labute approximate surface area is 105 Å². The fraction of sp³-hybridized carbons (Fsp3) is 0.188. The van der Waals surface area contributed by atoms with E-state index in [0.29, 0.717) is 0 Å². The van der Waals surface area contributed by atoms with Crippen molar-refractivity contribution in [3.05, 3.63) is 47.7 Å². The maximum Gasteiger partial charge on any atom is 0.160 e. The summed E-state index contributed by atoms with van der Waals surface area (Å²) in [6, 6.07) is 11.9. The molecule has 0 aliphatic carbocycles. The van der Waals surface area contributed by atoms with Gasteiger partial charge in [0.25, 0.3) is 0 Å². The molecule has 0 saturated heterocycles. The molecule has 2 nitrogen and oxygen atoms in total. The standard InChI is InChI=1S/C16H14O2/c1-3-11-8-15-13-7-5-4-6-12(13)14(10(2)17)9-16(15)18-11/h4-9H,3H2,1-2H3. The molecule has 1 aromatic heterocycles. The van der Waals surface area contributed by atoms with Crippen LogP contribution in [0.25, 0.3) is 21.7 Å². The molecule has 1 heterocycles. The molecule has 2 aromatic carbocycles. The molecule has 0 amide bonds. The molecule has 0 atom stereocenters. The second-order valence-electron chi connectivity index (χ2n) is 4.50. The van der Waals surface area contributed by atoms with Gasteiger partial charge in [-0.3, -0.25) is 4.79 Å². The Hall–Kier alpha value is -2.09. The van der Waals surface area contributed by atoms with E-state index in [1.54, 1.807) is 6.92 Å². The molecule has 0 fully saturated rings. The van der Waals surface area contributed by atoms with Gasteiger partial charge in [-0.15, -0.1) is 0 Å². The number of carbonyl (C=O) groups is 1. The molecular formula is C16H14O2. The zero-order chi connectivity index (χ0) is 12.7. The van der Waals surface area contributed by atoms with Crippen molar-refractivity contribution >= 4 is 27.5 Å². The first-order valence-corrected chi connectivity index (χ1v) is 6.16. The van der Waals surface area contributed by atoms with Crippen molar-refractivity contribution in [1.29, 1.82) is 0 Å². The van der Waals surface area contributed by atoms with Gasteiger partial charge in [-0.05, 0) is 29.8 Å². The highest BCUT2D eigenvalue weighted by atomic mass is 16.3. The number of hydrogen-bond donors (Lipinski definition) is 0. The lowest BCUT2D eigenvalue weighted by molar-refractivity contribution is 0.101. The molecule has 0 saturated carbocycles. The minimum atomic E-state index is 0.0718. The first-order chi connectivity index (χ1) is 8.70. The summed E-state index contributed by atoms with van der Waals surface area (Å²) < 4.78 is 5.76. The predicted octanol–water partition coefficient (Wildman–Crippen LogP) is 4.35. The fourth-order valence-electron chi connectivity index (χ4n) is 2.40. The predicted molar refractivity (Wildman–Crippen MR) is 73.1 cm³/mol. The summed E-state index contributed by atoms with van der Waals surface area (Å²) in [5.74, 6) is 1.03. The Balaban J connectivity index is 2.50. The van der Waals surface area contributed by atoms with Gasteiger partial charge >= 0.3 is 0 Å². The highest BCUT2D eigenvalue weighted by molar-refractivity contribution is 6.16.